The van der Waals surface area contributed by atoms with E-state index in [0.29, 0.717) is 10.9 Å². The molecule has 0 aromatic heterocycles. The molecule has 1 saturated heterocycles. The summed E-state index contributed by atoms with van der Waals surface area (Å²) >= 11 is 5.82. The van der Waals surface area contributed by atoms with Crippen LogP contribution in [-0.2, 0) is 4.79 Å². The summed E-state index contributed by atoms with van der Waals surface area (Å²) in [5.74, 6) is 0.197. The molecule has 2 rings (SSSR count). The molecule has 2 N–H and O–H groups in total. The second-order valence-electron chi connectivity index (χ2n) is 5.04. The molecule has 1 heterocycles. The van der Waals surface area contributed by atoms with E-state index in [-0.39, 0.29) is 23.3 Å². The number of halogens is 1. The highest BCUT2D eigenvalue weighted by Gasteiger charge is 2.26. The van der Waals surface area contributed by atoms with Gasteiger partial charge in [0.2, 0.25) is 5.91 Å². The summed E-state index contributed by atoms with van der Waals surface area (Å²) < 4.78 is 0. The van der Waals surface area contributed by atoms with E-state index in [2.05, 4.69) is 17.6 Å². The van der Waals surface area contributed by atoms with Gasteiger partial charge in [-0.1, -0.05) is 18.5 Å². The summed E-state index contributed by atoms with van der Waals surface area (Å²) in [4.78, 5) is 22.6. The molecule has 0 radical (unpaired) electrons. The fraction of sp³-hybridized carbons (Fsp3) is 0.462. The maximum absolute atomic E-state index is 12.2. The Balaban J connectivity index is 2.14. The van der Waals surface area contributed by atoms with Crippen molar-refractivity contribution in [3.63, 3.8) is 0 Å². The molecular formula is C13H16ClN3O3. The van der Waals surface area contributed by atoms with Gasteiger partial charge in [-0.05, 0) is 37.4 Å². The van der Waals surface area contributed by atoms with Crippen LogP contribution in [0.4, 0.5) is 11.4 Å². The number of rotatable bonds is 3. The molecule has 1 fully saturated rings. The van der Waals surface area contributed by atoms with E-state index in [9.17, 15) is 14.9 Å². The molecule has 6 nitrogen and oxygen atoms in total. The van der Waals surface area contributed by atoms with Gasteiger partial charge in [0.05, 0.1) is 11.0 Å². The standard InChI is InChI=1S/C13H16ClN3O3/c1-8-4-5-15-11(6-8)13(18)16-10-7-9(14)2-3-12(10)17(19)20/h2-3,7-8,11,15H,4-6H2,1H3,(H,16,18). The monoisotopic (exact) mass is 297 g/mol. The van der Waals surface area contributed by atoms with Crippen LogP contribution in [0.2, 0.25) is 5.02 Å². The SMILES string of the molecule is CC1CCNC(C(=O)Nc2cc(Cl)ccc2[N+](=O)[O-])C1. The Bertz CT molecular complexity index is 536. The summed E-state index contributed by atoms with van der Waals surface area (Å²) in [7, 11) is 0. The van der Waals surface area contributed by atoms with Crippen LogP contribution in [0, 0.1) is 16.0 Å². The maximum Gasteiger partial charge on any atom is 0.292 e. The summed E-state index contributed by atoms with van der Waals surface area (Å²) in [6, 6.07) is 3.78. The van der Waals surface area contributed by atoms with E-state index in [1.807, 2.05) is 0 Å². The van der Waals surface area contributed by atoms with E-state index in [1.165, 1.54) is 18.2 Å². The van der Waals surface area contributed by atoms with Crippen molar-refractivity contribution in [3.05, 3.63) is 33.3 Å². The van der Waals surface area contributed by atoms with Crippen LogP contribution in [0.3, 0.4) is 0 Å². The van der Waals surface area contributed by atoms with Gasteiger partial charge in [0.1, 0.15) is 5.69 Å². The zero-order chi connectivity index (χ0) is 14.7. The number of amides is 1. The number of nitro benzene ring substituents is 1. The molecule has 2 atom stereocenters. The van der Waals surface area contributed by atoms with Crippen molar-refractivity contribution >= 4 is 28.9 Å². The highest BCUT2D eigenvalue weighted by molar-refractivity contribution is 6.31. The number of anilines is 1. The lowest BCUT2D eigenvalue weighted by Gasteiger charge is -2.27. The minimum Gasteiger partial charge on any atom is -0.319 e. The average Bonchev–Trinajstić information content (AvgIpc) is 2.38. The fourth-order valence-electron chi connectivity index (χ4n) is 2.29. The van der Waals surface area contributed by atoms with Gasteiger partial charge >= 0.3 is 0 Å². The summed E-state index contributed by atoms with van der Waals surface area (Å²) in [5.41, 5.74) is -0.0286. The highest BCUT2D eigenvalue weighted by atomic mass is 35.5. The quantitative estimate of drug-likeness (QED) is 0.663. The molecule has 2 unspecified atom stereocenters. The van der Waals surface area contributed by atoms with Gasteiger partial charge in [0, 0.05) is 11.1 Å². The number of nitrogens with one attached hydrogen (secondary N) is 2. The van der Waals surface area contributed by atoms with E-state index < -0.39 is 4.92 Å². The van der Waals surface area contributed by atoms with Crippen molar-refractivity contribution in [3.8, 4) is 0 Å². The van der Waals surface area contributed by atoms with Gasteiger partial charge in [-0.3, -0.25) is 14.9 Å². The third kappa shape index (κ3) is 3.46. The van der Waals surface area contributed by atoms with Gasteiger partial charge in [-0.25, -0.2) is 0 Å². The molecule has 0 aliphatic carbocycles. The molecule has 108 valence electrons. The Morgan fingerprint density at radius 3 is 2.95 bits per heavy atom. The number of carbonyl (C=O) groups is 1. The first kappa shape index (κ1) is 14.7. The topological polar surface area (TPSA) is 84.3 Å². The molecule has 1 aromatic carbocycles. The smallest absolute Gasteiger partial charge is 0.292 e. The first-order valence-electron chi connectivity index (χ1n) is 6.45. The Labute approximate surface area is 121 Å². The van der Waals surface area contributed by atoms with Crippen LogP contribution in [0.5, 0.6) is 0 Å². The molecule has 1 aliphatic rings. The molecular weight excluding hydrogens is 282 g/mol. The minimum atomic E-state index is -0.539. The van der Waals surface area contributed by atoms with E-state index >= 15 is 0 Å². The predicted octanol–water partition coefficient (Wildman–Crippen LogP) is 2.57. The summed E-state index contributed by atoms with van der Waals surface area (Å²) in [5, 5.41) is 17.0. The van der Waals surface area contributed by atoms with Crippen LogP contribution in [0.25, 0.3) is 0 Å². The lowest BCUT2D eigenvalue weighted by atomic mass is 9.94. The zero-order valence-electron chi connectivity index (χ0n) is 11.1. The Morgan fingerprint density at radius 2 is 2.30 bits per heavy atom. The number of nitrogens with zero attached hydrogens (tertiary/aromatic N) is 1. The van der Waals surface area contributed by atoms with Crippen LogP contribution in [-0.4, -0.2) is 23.4 Å². The first-order valence-corrected chi connectivity index (χ1v) is 6.83. The van der Waals surface area contributed by atoms with Crippen molar-refractivity contribution < 1.29 is 9.72 Å². The third-order valence-electron chi connectivity index (χ3n) is 3.40. The van der Waals surface area contributed by atoms with E-state index in [0.717, 1.165) is 19.4 Å². The van der Waals surface area contributed by atoms with Crippen LogP contribution >= 0.6 is 11.6 Å². The van der Waals surface area contributed by atoms with Gasteiger partial charge in [-0.2, -0.15) is 0 Å². The normalized spacial score (nSPS) is 22.3. The Hall–Kier alpha value is -1.66. The second kappa shape index (κ2) is 6.19. The first-order chi connectivity index (χ1) is 9.47. The summed E-state index contributed by atoms with van der Waals surface area (Å²) in [6.45, 7) is 2.86. The van der Waals surface area contributed by atoms with Gasteiger partial charge in [0.15, 0.2) is 0 Å². The second-order valence-corrected chi connectivity index (χ2v) is 5.48. The zero-order valence-corrected chi connectivity index (χ0v) is 11.8. The lowest BCUT2D eigenvalue weighted by molar-refractivity contribution is -0.383. The number of nitro groups is 1. The van der Waals surface area contributed by atoms with Crippen LogP contribution < -0.4 is 10.6 Å². The number of benzene rings is 1. The van der Waals surface area contributed by atoms with Crippen molar-refractivity contribution in [1.29, 1.82) is 0 Å². The minimum absolute atomic E-state index is 0.132. The molecule has 7 heteroatoms. The Morgan fingerprint density at radius 1 is 1.55 bits per heavy atom. The molecule has 20 heavy (non-hydrogen) atoms. The molecule has 1 amide bonds. The predicted molar refractivity (Wildman–Crippen MR) is 76.9 cm³/mol. The van der Waals surface area contributed by atoms with Gasteiger partial charge in [0.25, 0.3) is 5.69 Å². The molecule has 0 saturated carbocycles. The van der Waals surface area contributed by atoms with E-state index in [4.69, 9.17) is 11.6 Å². The average molecular weight is 298 g/mol. The largest absolute Gasteiger partial charge is 0.319 e. The van der Waals surface area contributed by atoms with Crippen molar-refractivity contribution in [2.45, 2.75) is 25.8 Å². The van der Waals surface area contributed by atoms with Crippen LogP contribution in [0.1, 0.15) is 19.8 Å². The van der Waals surface area contributed by atoms with Gasteiger partial charge in [-0.15, -0.1) is 0 Å². The molecule has 1 aromatic rings. The lowest BCUT2D eigenvalue weighted by Crippen LogP contribution is -2.45. The third-order valence-corrected chi connectivity index (χ3v) is 3.63. The Kier molecular flexibility index (Phi) is 4.57. The number of hydrogen-bond acceptors (Lipinski definition) is 4. The number of hydrogen-bond donors (Lipinski definition) is 2. The maximum atomic E-state index is 12.2. The molecule has 0 spiro atoms. The van der Waals surface area contributed by atoms with Crippen molar-refractivity contribution in [1.82, 2.24) is 5.32 Å². The van der Waals surface area contributed by atoms with E-state index in [1.54, 1.807) is 0 Å². The highest BCUT2D eigenvalue weighted by Crippen LogP contribution is 2.28. The molecule has 1 aliphatic heterocycles. The van der Waals surface area contributed by atoms with Crippen molar-refractivity contribution in [2.24, 2.45) is 5.92 Å². The number of piperidine rings is 1. The molecule has 0 bridgehead atoms. The number of carbonyl (C=O) groups excluding carboxylic acids is 1. The van der Waals surface area contributed by atoms with Gasteiger partial charge < -0.3 is 10.6 Å². The summed E-state index contributed by atoms with van der Waals surface area (Å²) in [6.07, 6.45) is 1.75. The fourth-order valence-corrected chi connectivity index (χ4v) is 2.47. The van der Waals surface area contributed by atoms with Crippen molar-refractivity contribution in [2.75, 3.05) is 11.9 Å². The van der Waals surface area contributed by atoms with Crippen LogP contribution in [0.15, 0.2) is 18.2 Å².